The van der Waals surface area contributed by atoms with Crippen LogP contribution in [-0.4, -0.2) is 58.6 Å². The quantitative estimate of drug-likeness (QED) is 0.842. The van der Waals surface area contributed by atoms with Crippen molar-refractivity contribution in [3.63, 3.8) is 0 Å². The van der Waals surface area contributed by atoms with Gasteiger partial charge in [-0.2, -0.15) is 0 Å². The van der Waals surface area contributed by atoms with E-state index in [4.69, 9.17) is 9.84 Å². The van der Waals surface area contributed by atoms with Gasteiger partial charge in [0.1, 0.15) is 6.04 Å². The summed E-state index contributed by atoms with van der Waals surface area (Å²) < 4.78 is 6.05. The fourth-order valence-corrected chi connectivity index (χ4v) is 4.25. The number of amides is 2. The van der Waals surface area contributed by atoms with Gasteiger partial charge < -0.3 is 14.7 Å². The Bertz CT molecular complexity index is 876. The zero-order valence-corrected chi connectivity index (χ0v) is 15.9. The first kappa shape index (κ1) is 19.0. The molecule has 2 fully saturated rings. The highest BCUT2D eigenvalue weighted by Crippen LogP contribution is 2.45. The van der Waals surface area contributed by atoms with Gasteiger partial charge in [0.15, 0.2) is 5.60 Å². The molecule has 2 aliphatic rings. The molecule has 2 saturated heterocycles. The van der Waals surface area contributed by atoms with E-state index in [-0.39, 0.29) is 25.3 Å². The summed E-state index contributed by atoms with van der Waals surface area (Å²) in [6, 6.07) is 18.7. The monoisotopic (exact) mass is 394 g/mol. The van der Waals surface area contributed by atoms with Crippen molar-refractivity contribution in [1.29, 1.82) is 0 Å². The van der Waals surface area contributed by atoms with E-state index in [9.17, 15) is 14.4 Å². The summed E-state index contributed by atoms with van der Waals surface area (Å²) in [5.74, 6) is -1.22. The summed E-state index contributed by atoms with van der Waals surface area (Å²) >= 11 is 0. The van der Waals surface area contributed by atoms with Crippen LogP contribution in [0.4, 0.5) is 4.79 Å². The molecule has 0 aliphatic carbocycles. The first-order valence-electron chi connectivity index (χ1n) is 9.62. The second-order valence-electron chi connectivity index (χ2n) is 7.28. The predicted molar refractivity (Wildman–Crippen MR) is 104 cm³/mol. The number of ether oxygens (including phenoxy) is 1. The van der Waals surface area contributed by atoms with Gasteiger partial charge in [0.2, 0.25) is 5.91 Å². The van der Waals surface area contributed by atoms with Crippen LogP contribution in [0.1, 0.15) is 24.0 Å². The maximum atomic E-state index is 12.8. The van der Waals surface area contributed by atoms with E-state index in [2.05, 4.69) is 0 Å². The minimum atomic E-state index is -1.04. The van der Waals surface area contributed by atoms with Crippen molar-refractivity contribution in [2.45, 2.75) is 24.5 Å². The highest BCUT2D eigenvalue weighted by Gasteiger charge is 2.58. The fourth-order valence-electron chi connectivity index (χ4n) is 4.25. The number of carboxylic acid groups (broad SMARTS) is 1. The summed E-state index contributed by atoms with van der Waals surface area (Å²) in [5, 5.41) is 8.88. The van der Waals surface area contributed by atoms with Crippen LogP contribution in [0.25, 0.3) is 0 Å². The van der Waals surface area contributed by atoms with Crippen molar-refractivity contribution < 1.29 is 24.2 Å². The topological polar surface area (TPSA) is 87.2 Å². The number of hydrogen-bond donors (Lipinski definition) is 1. The van der Waals surface area contributed by atoms with Gasteiger partial charge in [0.25, 0.3) is 0 Å². The minimum Gasteiger partial charge on any atom is -0.481 e. The number of aliphatic carboxylic acids is 1. The molecule has 1 N–H and O–H groups in total. The van der Waals surface area contributed by atoms with Gasteiger partial charge in [-0.3, -0.25) is 14.5 Å². The van der Waals surface area contributed by atoms with Crippen molar-refractivity contribution in [2.75, 3.05) is 19.6 Å². The fraction of sp³-hybridized carbons (Fsp3) is 0.318. The van der Waals surface area contributed by atoms with Crippen molar-refractivity contribution in [3.05, 3.63) is 71.8 Å². The second-order valence-corrected chi connectivity index (χ2v) is 7.28. The number of piperazine rings is 1. The van der Waals surface area contributed by atoms with Gasteiger partial charge in [0.05, 0.1) is 6.42 Å². The third-order valence-corrected chi connectivity index (χ3v) is 5.64. The molecule has 0 aromatic heterocycles. The lowest BCUT2D eigenvalue weighted by molar-refractivity contribution is -0.141. The van der Waals surface area contributed by atoms with Gasteiger partial charge in [-0.05, 0) is 0 Å². The van der Waals surface area contributed by atoms with Crippen LogP contribution in [0.15, 0.2) is 60.7 Å². The SMILES string of the molecule is O=C(O)CCC(=O)N1CCN2C(=O)OC(c3ccccc3)(c3ccccc3)C2C1. The van der Waals surface area contributed by atoms with Gasteiger partial charge in [0, 0.05) is 37.2 Å². The molecule has 0 bridgehead atoms. The number of hydrogen-bond acceptors (Lipinski definition) is 4. The lowest BCUT2D eigenvalue weighted by Gasteiger charge is -2.42. The second kappa shape index (κ2) is 7.58. The number of cyclic esters (lactones) is 1. The van der Waals surface area contributed by atoms with E-state index in [1.54, 1.807) is 9.80 Å². The molecule has 2 heterocycles. The van der Waals surface area contributed by atoms with E-state index in [1.165, 1.54) is 0 Å². The van der Waals surface area contributed by atoms with Crippen molar-refractivity contribution in [2.24, 2.45) is 0 Å². The molecular formula is C22H22N2O5. The highest BCUT2D eigenvalue weighted by atomic mass is 16.6. The molecule has 150 valence electrons. The van der Waals surface area contributed by atoms with Crippen molar-refractivity contribution in [3.8, 4) is 0 Å². The van der Waals surface area contributed by atoms with Gasteiger partial charge >= 0.3 is 12.1 Å². The maximum absolute atomic E-state index is 12.8. The van der Waals surface area contributed by atoms with E-state index in [0.717, 1.165) is 11.1 Å². The van der Waals surface area contributed by atoms with Gasteiger partial charge in [-0.25, -0.2) is 4.79 Å². The van der Waals surface area contributed by atoms with E-state index >= 15 is 0 Å². The predicted octanol–water partition coefficient (Wildman–Crippen LogP) is 2.46. The highest BCUT2D eigenvalue weighted by molar-refractivity contribution is 5.81. The molecule has 1 unspecified atom stereocenters. The van der Waals surface area contributed by atoms with Crippen LogP contribution in [0.3, 0.4) is 0 Å². The van der Waals surface area contributed by atoms with Crippen LogP contribution < -0.4 is 0 Å². The van der Waals surface area contributed by atoms with Crippen LogP contribution >= 0.6 is 0 Å². The molecule has 0 saturated carbocycles. The molecule has 0 radical (unpaired) electrons. The molecule has 1 atom stereocenters. The lowest BCUT2D eigenvalue weighted by Crippen LogP contribution is -2.58. The minimum absolute atomic E-state index is 0.0550. The average molecular weight is 394 g/mol. The van der Waals surface area contributed by atoms with E-state index in [0.29, 0.717) is 13.1 Å². The number of fused-ring (bicyclic) bond motifs is 1. The first-order valence-corrected chi connectivity index (χ1v) is 9.62. The summed E-state index contributed by atoms with van der Waals surface area (Å²) in [5.41, 5.74) is 0.643. The zero-order chi connectivity index (χ0) is 20.4. The molecule has 2 aliphatic heterocycles. The summed E-state index contributed by atoms with van der Waals surface area (Å²) in [4.78, 5) is 39.5. The summed E-state index contributed by atoms with van der Waals surface area (Å²) in [6.07, 6.45) is -0.664. The Balaban J connectivity index is 1.73. The Labute approximate surface area is 168 Å². The Kier molecular flexibility index (Phi) is 4.96. The Morgan fingerprint density at radius 3 is 2.10 bits per heavy atom. The van der Waals surface area contributed by atoms with Gasteiger partial charge in [-0.1, -0.05) is 60.7 Å². The largest absolute Gasteiger partial charge is 0.481 e. The van der Waals surface area contributed by atoms with Crippen LogP contribution in [-0.2, 0) is 19.9 Å². The maximum Gasteiger partial charge on any atom is 0.411 e. The van der Waals surface area contributed by atoms with Crippen LogP contribution in [0, 0.1) is 0 Å². The van der Waals surface area contributed by atoms with Crippen molar-refractivity contribution in [1.82, 2.24) is 9.80 Å². The third-order valence-electron chi connectivity index (χ3n) is 5.64. The summed E-state index contributed by atoms with van der Waals surface area (Å²) in [6.45, 7) is 1.00. The lowest BCUT2D eigenvalue weighted by atomic mass is 9.79. The number of benzene rings is 2. The van der Waals surface area contributed by atoms with Crippen LogP contribution in [0.5, 0.6) is 0 Å². The van der Waals surface area contributed by atoms with Crippen molar-refractivity contribution >= 4 is 18.0 Å². The zero-order valence-electron chi connectivity index (χ0n) is 15.9. The Hall–Kier alpha value is -3.35. The number of carbonyl (C=O) groups is 3. The van der Waals surface area contributed by atoms with E-state index in [1.807, 2.05) is 60.7 Å². The molecule has 4 rings (SSSR count). The normalized spacial score (nSPS) is 20.1. The molecule has 7 nitrogen and oxygen atoms in total. The van der Waals surface area contributed by atoms with E-state index < -0.39 is 23.7 Å². The molecule has 2 amide bonds. The molecule has 7 heteroatoms. The molecular weight excluding hydrogens is 372 g/mol. The first-order chi connectivity index (χ1) is 14.0. The number of rotatable bonds is 5. The Morgan fingerprint density at radius 2 is 1.55 bits per heavy atom. The van der Waals surface area contributed by atoms with Gasteiger partial charge in [-0.15, -0.1) is 0 Å². The molecule has 0 spiro atoms. The Morgan fingerprint density at radius 1 is 0.966 bits per heavy atom. The summed E-state index contributed by atoms with van der Waals surface area (Å²) in [7, 11) is 0. The number of carboxylic acids is 1. The average Bonchev–Trinajstić information content (AvgIpc) is 3.06. The smallest absolute Gasteiger partial charge is 0.411 e. The number of carbonyl (C=O) groups excluding carboxylic acids is 2. The molecule has 29 heavy (non-hydrogen) atoms. The number of nitrogens with zero attached hydrogens (tertiary/aromatic N) is 2. The third kappa shape index (κ3) is 3.33. The molecule has 2 aromatic rings. The van der Waals surface area contributed by atoms with Crippen LogP contribution in [0.2, 0.25) is 0 Å². The standard InChI is InChI=1S/C22H22N2O5/c25-19(11-12-20(26)27)23-13-14-24-18(15-23)22(29-21(24)28,16-7-3-1-4-8-16)17-9-5-2-6-10-17/h1-10,18H,11-15H2,(H,26,27). The molecule has 2 aromatic carbocycles.